The first-order chi connectivity index (χ1) is 14.5. The summed E-state index contributed by atoms with van der Waals surface area (Å²) in [5.74, 6) is -1.59. The van der Waals surface area contributed by atoms with Gasteiger partial charge in [-0.3, -0.25) is 15.2 Å². The molecule has 10 nitrogen and oxygen atoms in total. The van der Waals surface area contributed by atoms with Crippen LogP contribution in [0.2, 0.25) is 0 Å². The number of aromatic nitrogens is 2. The Bertz CT molecular complexity index is 1230. The van der Waals surface area contributed by atoms with E-state index in [-0.39, 0.29) is 28.6 Å². The molecule has 4 N–H and O–H groups in total. The summed E-state index contributed by atoms with van der Waals surface area (Å²) in [5.41, 5.74) is 7.61. The highest BCUT2D eigenvalue weighted by Gasteiger charge is 2.37. The SMILES string of the molecule is COc1c(O)cc([C@H]2C(C#N)=C(N)Oc3n[nH]c(-c4ccccc4)c32)cc1[N+](=O)[O-]. The van der Waals surface area contributed by atoms with Gasteiger partial charge in [0.1, 0.15) is 11.6 Å². The molecule has 0 amide bonds. The van der Waals surface area contributed by atoms with Gasteiger partial charge in [-0.15, -0.1) is 5.10 Å². The van der Waals surface area contributed by atoms with Gasteiger partial charge in [-0.25, -0.2) is 0 Å². The molecule has 150 valence electrons. The summed E-state index contributed by atoms with van der Waals surface area (Å²) in [4.78, 5) is 10.9. The number of nitro groups is 1. The van der Waals surface area contributed by atoms with Crippen LogP contribution >= 0.6 is 0 Å². The number of phenolic OH excluding ortho intramolecular Hbond substituents is 1. The molecule has 0 aliphatic carbocycles. The van der Waals surface area contributed by atoms with Crippen molar-refractivity contribution in [2.24, 2.45) is 5.73 Å². The molecule has 0 spiro atoms. The highest BCUT2D eigenvalue weighted by molar-refractivity contribution is 5.72. The molecule has 0 fully saturated rings. The first kappa shape index (κ1) is 18.8. The van der Waals surface area contributed by atoms with Crippen LogP contribution in [0.3, 0.4) is 0 Å². The van der Waals surface area contributed by atoms with Crippen LogP contribution in [0, 0.1) is 21.4 Å². The van der Waals surface area contributed by atoms with Gasteiger partial charge in [0, 0.05) is 6.07 Å². The number of hydrogen-bond donors (Lipinski definition) is 3. The fourth-order valence-electron chi connectivity index (χ4n) is 3.53. The minimum Gasteiger partial charge on any atom is -0.504 e. The van der Waals surface area contributed by atoms with Crippen molar-refractivity contribution in [1.29, 1.82) is 5.26 Å². The maximum Gasteiger partial charge on any atom is 0.315 e. The second kappa shape index (κ2) is 7.14. The molecule has 1 aliphatic heterocycles. The smallest absolute Gasteiger partial charge is 0.315 e. The van der Waals surface area contributed by atoms with Crippen molar-refractivity contribution in [2.45, 2.75) is 5.92 Å². The molecule has 0 radical (unpaired) electrons. The number of rotatable bonds is 4. The number of allylic oxidation sites excluding steroid dienone is 1. The Morgan fingerprint density at radius 3 is 2.73 bits per heavy atom. The lowest BCUT2D eigenvalue weighted by Gasteiger charge is -2.24. The quantitative estimate of drug-likeness (QED) is 0.441. The monoisotopic (exact) mass is 405 g/mol. The second-order valence-electron chi connectivity index (χ2n) is 6.46. The number of nitrogens with zero attached hydrogens (tertiary/aromatic N) is 3. The number of nitrogens with two attached hydrogens (primary N) is 1. The Kier molecular flexibility index (Phi) is 4.48. The normalized spacial score (nSPS) is 15.1. The number of nitro benzene ring substituents is 1. The van der Waals surface area contributed by atoms with Crippen LogP contribution < -0.4 is 15.2 Å². The summed E-state index contributed by atoms with van der Waals surface area (Å²) < 4.78 is 10.5. The first-order valence-electron chi connectivity index (χ1n) is 8.72. The third kappa shape index (κ3) is 2.85. The van der Waals surface area contributed by atoms with Crippen LogP contribution in [0.5, 0.6) is 17.4 Å². The Balaban J connectivity index is 2.00. The Hall–Kier alpha value is -4.52. The zero-order chi connectivity index (χ0) is 21.4. The standard InChI is InChI=1S/C20H15N5O5/c1-29-18-13(25(27)28)7-11(8-14(18)26)15-12(9-21)19(22)30-20-16(15)17(23-24-20)10-5-3-2-4-6-10/h2-8,15,26H,22H2,1H3,(H,23,24)/t15-/m0/s1. The average Bonchev–Trinajstić information content (AvgIpc) is 3.15. The summed E-state index contributed by atoms with van der Waals surface area (Å²) in [5, 5.41) is 38.7. The number of nitriles is 1. The average molecular weight is 405 g/mol. The van der Waals surface area contributed by atoms with E-state index in [1.807, 2.05) is 36.4 Å². The maximum atomic E-state index is 11.5. The van der Waals surface area contributed by atoms with E-state index in [4.69, 9.17) is 15.2 Å². The predicted molar refractivity (Wildman–Crippen MR) is 105 cm³/mol. The number of fused-ring (bicyclic) bond motifs is 1. The van der Waals surface area contributed by atoms with Gasteiger partial charge in [-0.1, -0.05) is 30.3 Å². The lowest BCUT2D eigenvalue weighted by Crippen LogP contribution is -2.21. The maximum absolute atomic E-state index is 11.5. The molecule has 2 aromatic carbocycles. The van der Waals surface area contributed by atoms with Gasteiger partial charge in [0.25, 0.3) is 0 Å². The zero-order valence-electron chi connectivity index (χ0n) is 15.6. The highest BCUT2D eigenvalue weighted by Crippen LogP contribution is 2.48. The fraction of sp³-hybridized carbons (Fsp3) is 0.100. The van der Waals surface area contributed by atoms with E-state index >= 15 is 0 Å². The van der Waals surface area contributed by atoms with Gasteiger partial charge >= 0.3 is 5.69 Å². The molecule has 1 aliphatic rings. The van der Waals surface area contributed by atoms with Crippen molar-refractivity contribution in [1.82, 2.24) is 10.2 Å². The molecule has 2 heterocycles. The molecule has 0 unspecified atom stereocenters. The van der Waals surface area contributed by atoms with Crippen molar-refractivity contribution >= 4 is 5.69 Å². The molecule has 1 aromatic heterocycles. The zero-order valence-corrected chi connectivity index (χ0v) is 15.6. The number of ether oxygens (including phenoxy) is 2. The molecule has 0 saturated carbocycles. The van der Waals surface area contributed by atoms with Crippen molar-refractivity contribution in [3.63, 3.8) is 0 Å². The Morgan fingerprint density at radius 2 is 2.10 bits per heavy atom. The summed E-state index contributed by atoms with van der Waals surface area (Å²) in [6.07, 6.45) is 0. The second-order valence-corrected chi connectivity index (χ2v) is 6.46. The Labute approximate surface area is 169 Å². The number of hydrogen-bond acceptors (Lipinski definition) is 8. The minimum atomic E-state index is -0.858. The van der Waals surface area contributed by atoms with Crippen LogP contribution in [0.15, 0.2) is 53.9 Å². The third-order valence-corrected chi connectivity index (χ3v) is 4.81. The third-order valence-electron chi connectivity index (χ3n) is 4.81. The van der Waals surface area contributed by atoms with E-state index < -0.39 is 22.3 Å². The fourth-order valence-corrected chi connectivity index (χ4v) is 3.53. The highest BCUT2D eigenvalue weighted by atomic mass is 16.6. The van der Waals surface area contributed by atoms with Crippen LogP contribution in [0.25, 0.3) is 11.3 Å². The first-order valence-corrected chi connectivity index (χ1v) is 8.72. The molecule has 0 bridgehead atoms. The van der Waals surface area contributed by atoms with E-state index in [1.54, 1.807) is 0 Å². The molecule has 4 rings (SSSR count). The number of nitrogens with one attached hydrogen (secondary N) is 1. The van der Waals surface area contributed by atoms with Crippen molar-refractivity contribution < 1.29 is 19.5 Å². The van der Waals surface area contributed by atoms with Gasteiger partial charge in [-0.05, 0) is 17.2 Å². The summed E-state index contributed by atoms with van der Waals surface area (Å²) >= 11 is 0. The predicted octanol–water partition coefficient (Wildman–Crippen LogP) is 2.92. The van der Waals surface area contributed by atoms with E-state index in [0.29, 0.717) is 11.3 Å². The van der Waals surface area contributed by atoms with Crippen LogP contribution in [0.4, 0.5) is 5.69 Å². The lowest BCUT2D eigenvalue weighted by atomic mass is 9.82. The summed E-state index contributed by atoms with van der Waals surface area (Å²) in [7, 11) is 1.22. The topological polar surface area (TPSA) is 160 Å². The number of aromatic amines is 1. The van der Waals surface area contributed by atoms with Gasteiger partial charge in [0.15, 0.2) is 5.75 Å². The van der Waals surface area contributed by atoms with E-state index in [2.05, 4.69) is 10.2 Å². The molecule has 10 heteroatoms. The molecule has 30 heavy (non-hydrogen) atoms. The molecular formula is C20H15N5O5. The summed E-state index contributed by atoms with van der Waals surface area (Å²) in [6.45, 7) is 0. The molecular weight excluding hydrogens is 390 g/mol. The number of benzene rings is 2. The number of phenols is 1. The van der Waals surface area contributed by atoms with Crippen LogP contribution in [-0.4, -0.2) is 27.3 Å². The van der Waals surface area contributed by atoms with Gasteiger partial charge in [-0.2, -0.15) is 5.26 Å². The minimum absolute atomic E-state index is 0.0416. The number of H-pyrrole nitrogens is 1. The van der Waals surface area contributed by atoms with E-state index in [1.165, 1.54) is 19.2 Å². The van der Waals surface area contributed by atoms with Gasteiger partial charge in [0.2, 0.25) is 17.5 Å². The molecule has 3 aromatic rings. The van der Waals surface area contributed by atoms with Crippen molar-refractivity contribution in [2.75, 3.05) is 7.11 Å². The number of methoxy groups -OCH3 is 1. The van der Waals surface area contributed by atoms with Gasteiger partial charge in [0.05, 0.1) is 29.2 Å². The molecule has 1 atom stereocenters. The van der Waals surface area contributed by atoms with Crippen LogP contribution in [0.1, 0.15) is 17.0 Å². The van der Waals surface area contributed by atoms with Gasteiger partial charge < -0.3 is 20.3 Å². The van der Waals surface area contributed by atoms with Crippen molar-refractivity contribution in [3.8, 4) is 34.7 Å². The van der Waals surface area contributed by atoms with Crippen molar-refractivity contribution in [3.05, 3.63) is 75.2 Å². The Morgan fingerprint density at radius 1 is 1.37 bits per heavy atom. The van der Waals surface area contributed by atoms with E-state index in [0.717, 1.165) is 5.56 Å². The largest absolute Gasteiger partial charge is 0.504 e. The summed E-state index contributed by atoms with van der Waals surface area (Å²) in [6, 6.07) is 13.8. The molecule has 0 saturated heterocycles. The lowest BCUT2D eigenvalue weighted by molar-refractivity contribution is -0.385. The van der Waals surface area contributed by atoms with Crippen LogP contribution in [-0.2, 0) is 0 Å². The van der Waals surface area contributed by atoms with E-state index in [9.17, 15) is 20.5 Å². The number of aromatic hydroxyl groups is 1.